The number of hydrogen-bond donors (Lipinski definition) is 2. The van der Waals surface area contributed by atoms with Crippen molar-refractivity contribution in [2.24, 2.45) is 0 Å². The molecule has 0 aliphatic heterocycles. The average Bonchev–Trinajstić information content (AvgIpc) is 1.81. The lowest BCUT2D eigenvalue weighted by molar-refractivity contribution is -0.138. The van der Waals surface area contributed by atoms with E-state index in [2.05, 4.69) is 0 Å². The van der Waals surface area contributed by atoms with Crippen LogP contribution in [-0.4, -0.2) is 47.8 Å². The van der Waals surface area contributed by atoms with Gasteiger partial charge in [0.05, 0.1) is 13.0 Å². The van der Waals surface area contributed by atoms with E-state index >= 15 is 0 Å². The number of rotatable bonds is 4. The van der Waals surface area contributed by atoms with E-state index in [1.807, 2.05) is 0 Å². The summed E-state index contributed by atoms with van der Waals surface area (Å²) in [5, 5.41) is 17.0. The molecule has 0 amide bonds. The van der Waals surface area contributed by atoms with Gasteiger partial charge in [-0.1, -0.05) is 0 Å². The molecule has 0 radical (unpaired) electrons. The molecule has 0 saturated carbocycles. The summed E-state index contributed by atoms with van der Waals surface area (Å²) < 4.78 is 0. The Bertz CT molecular complexity index is 114. The molecule has 10 heavy (non-hydrogen) atoms. The number of aliphatic carboxylic acids is 1. The van der Waals surface area contributed by atoms with Gasteiger partial charge in [0.25, 0.3) is 0 Å². The number of carboxylic acid groups (broad SMARTS) is 1. The van der Waals surface area contributed by atoms with E-state index in [9.17, 15) is 4.79 Å². The van der Waals surface area contributed by atoms with Crippen molar-refractivity contribution in [2.45, 2.75) is 12.5 Å². The number of hydrogen-bond acceptors (Lipinski definition) is 3. The van der Waals surface area contributed by atoms with Crippen LogP contribution in [0.25, 0.3) is 0 Å². The van der Waals surface area contributed by atoms with Crippen LogP contribution in [0, 0.1) is 0 Å². The van der Waals surface area contributed by atoms with Crippen LogP contribution in [0.1, 0.15) is 6.42 Å². The first-order chi connectivity index (χ1) is 4.57. The van der Waals surface area contributed by atoms with Gasteiger partial charge in [-0.15, -0.1) is 0 Å². The highest BCUT2D eigenvalue weighted by molar-refractivity contribution is 5.67. The molecular formula is C6H13NO3. The summed E-state index contributed by atoms with van der Waals surface area (Å²) in [6.45, 7) is -0.112. The minimum Gasteiger partial charge on any atom is -0.481 e. The van der Waals surface area contributed by atoms with Crippen LogP contribution < -0.4 is 0 Å². The number of carboxylic acids is 1. The van der Waals surface area contributed by atoms with Crippen molar-refractivity contribution in [2.75, 3.05) is 20.7 Å². The molecule has 0 spiro atoms. The van der Waals surface area contributed by atoms with E-state index in [1.165, 1.54) is 0 Å². The highest BCUT2D eigenvalue weighted by Gasteiger charge is 2.13. The van der Waals surface area contributed by atoms with Crippen LogP contribution in [-0.2, 0) is 4.79 Å². The summed E-state index contributed by atoms with van der Waals surface area (Å²) in [6.07, 6.45) is -0.0104. The van der Waals surface area contributed by atoms with Crippen LogP contribution in [0.4, 0.5) is 0 Å². The van der Waals surface area contributed by atoms with Crippen LogP contribution in [0.15, 0.2) is 0 Å². The SMILES string of the molecule is CN(C)C(CO)CC(=O)O. The molecule has 0 aliphatic carbocycles. The molecule has 1 unspecified atom stereocenters. The Morgan fingerprint density at radius 3 is 2.20 bits per heavy atom. The molecule has 0 aromatic carbocycles. The lowest BCUT2D eigenvalue weighted by atomic mass is 10.2. The van der Waals surface area contributed by atoms with E-state index in [4.69, 9.17) is 10.2 Å². The molecule has 60 valence electrons. The first kappa shape index (κ1) is 9.39. The van der Waals surface area contributed by atoms with Gasteiger partial charge < -0.3 is 15.1 Å². The number of nitrogens with zero attached hydrogens (tertiary/aromatic N) is 1. The van der Waals surface area contributed by atoms with Crippen LogP contribution >= 0.6 is 0 Å². The normalized spacial score (nSPS) is 13.6. The summed E-state index contributed by atoms with van der Waals surface area (Å²) in [5.74, 6) is -0.882. The molecule has 4 heteroatoms. The summed E-state index contributed by atoms with van der Waals surface area (Å²) in [6, 6.07) is -0.266. The number of likely N-dealkylation sites (N-methyl/N-ethyl adjacent to an activating group) is 1. The fraction of sp³-hybridized carbons (Fsp3) is 0.833. The van der Waals surface area contributed by atoms with Crippen molar-refractivity contribution in [3.8, 4) is 0 Å². The van der Waals surface area contributed by atoms with E-state index in [1.54, 1.807) is 19.0 Å². The first-order valence-corrected chi connectivity index (χ1v) is 3.07. The fourth-order valence-corrected chi connectivity index (χ4v) is 0.612. The molecule has 0 saturated heterocycles. The third-order valence-corrected chi connectivity index (χ3v) is 1.35. The summed E-state index contributed by atoms with van der Waals surface area (Å²) >= 11 is 0. The summed E-state index contributed by atoms with van der Waals surface area (Å²) in [5.41, 5.74) is 0. The van der Waals surface area contributed by atoms with E-state index in [-0.39, 0.29) is 19.1 Å². The maximum atomic E-state index is 10.1. The molecule has 0 aromatic rings. The quantitative estimate of drug-likeness (QED) is 0.556. The van der Waals surface area contributed by atoms with Gasteiger partial charge >= 0.3 is 5.97 Å². The van der Waals surface area contributed by atoms with Gasteiger partial charge in [-0.3, -0.25) is 4.79 Å². The molecule has 0 heterocycles. The van der Waals surface area contributed by atoms with Gasteiger partial charge in [0, 0.05) is 6.04 Å². The Balaban J connectivity index is 3.71. The van der Waals surface area contributed by atoms with Gasteiger partial charge in [-0.05, 0) is 14.1 Å². The minimum absolute atomic E-state index is 0.0104. The number of carbonyl (C=O) groups is 1. The lowest BCUT2D eigenvalue weighted by Gasteiger charge is -2.19. The Labute approximate surface area is 60.1 Å². The molecular weight excluding hydrogens is 134 g/mol. The van der Waals surface area contributed by atoms with E-state index in [0.29, 0.717) is 0 Å². The maximum absolute atomic E-state index is 10.1. The standard InChI is InChI=1S/C6H13NO3/c1-7(2)5(4-8)3-6(9)10/h5,8H,3-4H2,1-2H3,(H,9,10). The maximum Gasteiger partial charge on any atom is 0.305 e. The van der Waals surface area contributed by atoms with Gasteiger partial charge in [0.2, 0.25) is 0 Å². The van der Waals surface area contributed by atoms with Crippen molar-refractivity contribution in [3.05, 3.63) is 0 Å². The molecule has 1 atom stereocenters. The van der Waals surface area contributed by atoms with Gasteiger partial charge in [0.1, 0.15) is 0 Å². The predicted molar refractivity (Wildman–Crippen MR) is 36.8 cm³/mol. The summed E-state index contributed by atoms with van der Waals surface area (Å²) in [4.78, 5) is 11.8. The van der Waals surface area contributed by atoms with Crippen molar-refractivity contribution in [3.63, 3.8) is 0 Å². The lowest BCUT2D eigenvalue weighted by Crippen LogP contribution is -2.33. The number of aliphatic hydroxyl groups excluding tert-OH is 1. The van der Waals surface area contributed by atoms with Crippen molar-refractivity contribution in [1.82, 2.24) is 4.90 Å². The largest absolute Gasteiger partial charge is 0.481 e. The zero-order chi connectivity index (χ0) is 8.15. The molecule has 0 fully saturated rings. The third kappa shape index (κ3) is 3.42. The highest BCUT2D eigenvalue weighted by Crippen LogP contribution is 1.97. The molecule has 0 aliphatic rings. The van der Waals surface area contributed by atoms with Crippen molar-refractivity contribution >= 4 is 5.97 Å². The molecule has 0 rings (SSSR count). The van der Waals surface area contributed by atoms with E-state index in [0.717, 1.165) is 0 Å². The Morgan fingerprint density at radius 1 is 1.60 bits per heavy atom. The second-order valence-electron chi connectivity index (χ2n) is 2.40. The second kappa shape index (κ2) is 4.24. The monoisotopic (exact) mass is 147 g/mol. The Morgan fingerprint density at radius 2 is 2.10 bits per heavy atom. The second-order valence-corrected chi connectivity index (χ2v) is 2.40. The van der Waals surface area contributed by atoms with Crippen LogP contribution in [0.3, 0.4) is 0 Å². The zero-order valence-electron chi connectivity index (χ0n) is 6.24. The molecule has 4 nitrogen and oxygen atoms in total. The van der Waals surface area contributed by atoms with Crippen LogP contribution in [0.5, 0.6) is 0 Å². The molecule has 0 bridgehead atoms. The van der Waals surface area contributed by atoms with Crippen LogP contribution in [0.2, 0.25) is 0 Å². The van der Waals surface area contributed by atoms with Gasteiger partial charge in [-0.2, -0.15) is 0 Å². The highest BCUT2D eigenvalue weighted by atomic mass is 16.4. The average molecular weight is 147 g/mol. The topological polar surface area (TPSA) is 60.8 Å². The minimum atomic E-state index is -0.882. The van der Waals surface area contributed by atoms with Gasteiger partial charge in [-0.25, -0.2) is 0 Å². The first-order valence-electron chi connectivity index (χ1n) is 3.07. The smallest absolute Gasteiger partial charge is 0.305 e. The van der Waals surface area contributed by atoms with Gasteiger partial charge in [0.15, 0.2) is 0 Å². The Kier molecular flexibility index (Phi) is 3.99. The Hall–Kier alpha value is -0.610. The van der Waals surface area contributed by atoms with Crippen molar-refractivity contribution in [1.29, 1.82) is 0 Å². The third-order valence-electron chi connectivity index (χ3n) is 1.35. The fourth-order valence-electron chi connectivity index (χ4n) is 0.612. The number of aliphatic hydroxyl groups is 1. The van der Waals surface area contributed by atoms with E-state index < -0.39 is 5.97 Å². The van der Waals surface area contributed by atoms with Crippen molar-refractivity contribution < 1.29 is 15.0 Å². The predicted octanol–water partition coefficient (Wildman–Crippen LogP) is -0.616. The summed E-state index contributed by atoms with van der Waals surface area (Å²) in [7, 11) is 3.48. The molecule has 2 N–H and O–H groups in total. The molecule has 0 aromatic heterocycles. The zero-order valence-corrected chi connectivity index (χ0v) is 6.24.